The molecule has 4 nitrogen and oxygen atoms in total. The van der Waals surface area contributed by atoms with Crippen LogP contribution < -0.4 is 10.8 Å². The van der Waals surface area contributed by atoms with Crippen LogP contribution >= 0.6 is 0 Å². The summed E-state index contributed by atoms with van der Waals surface area (Å²) in [4.78, 5) is 4.20. The fourth-order valence-electron chi connectivity index (χ4n) is 2.10. The molecule has 1 aromatic rings. The number of aliphatic imine (C=N–C) groups is 1. The molecule has 5 heteroatoms. The van der Waals surface area contributed by atoms with Crippen molar-refractivity contribution in [3.63, 3.8) is 0 Å². The molecule has 2 heterocycles. The summed E-state index contributed by atoms with van der Waals surface area (Å²) in [6.45, 7) is 8.18. The van der Waals surface area contributed by atoms with E-state index in [1.54, 1.807) is 6.34 Å². The number of para-hydroxylation sites is 1. The minimum atomic E-state index is -0.379. The number of fused-ring (bicyclic) bond motifs is 1. The molecule has 0 spiro atoms. The van der Waals surface area contributed by atoms with Gasteiger partial charge in [-0.2, -0.15) is 0 Å². The van der Waals surface area contributed by atoms with Gasteiger partial charge in [-0.25, -0.2) is 10.3 Å². The number of nitrogens with zero attached hydrogens (tertiary/aromatic N) is 2. The SMILES string of the molecule is CC1(C)OB(c2cccc3c2[N]C=N3)OC1(C)C. The Morgan fingerprint density at radius 3 is 2.39 bits per heavy atom. The zero-order valence-corrected chi connectivity index (χ0v) is 11.1. The second kappa shape index (κ2) is 3.59. The van der Waals surface area contributed by atoms with Crippen LogP contribution in [0.15, 0.2) is 23.2 Å². The van der Waals surface area contributed by atoms with Crippen molar-refractivity contribution in [2.75, 3.05) is 0 Å². The van der Waals surface area contributed by atoms with Gasteiger partial charge in [0.15, 0.2) is 0 Å². The van der Waals surface area contributed by atoms with Gasteiger partial charge in [0.25, 0.3) is 0 Å². The van der Waals surface area contributed by atoms with E-state index in [0.717, 1.165) is 16.8 Å². The van der Waals surface area contributed by atoms with Gasteiger partial charge in [0, 0.05) is 5.46 Å². The van der Waals surface area contributed by atoms with Crippen LogP contribution in [0.25, 0.3) is 0 Å². The first-order valence-corrected chi connectivity index (χ1v) is 6.13. The predicted molar refractivity (Wildman–Crippen MR) is 72.1 cm³/mol. The van der Waals surface area contributed by atoms with Crippen LogP contribution in [0.2, 0.25) is 0 Å². The quantitative estimate of drug-likeness (QED) is 0.707. The van der Waals surface area contributed by atoms with E-state index in [9.17, 15) is 0 Å². The molecule has 0 bridgehead atoms. The highest BCUT2D eigenvalue weighted by molar-refractivity contribution is 6.64. The molecule has 1 radical (unpaired) electrons. The summed E-state index contributed by atoms with van der Waals surface area (Å²) >= 11 is 0. The topological polar surface area (TPSA) is 44.9 Å². The summed E-state index contributed by atoms with van der Waals surface area (Å²) in [5.74, 6) is 0. The average molecular weight is 243 g/mol. The van der Waals surface area contributed by atoms with Crippen molar-refractivity contribution < 1.29 is 9.31 Å². The van der Waals surface area contributed by atoms with E-state index in [-0.39, 0.29) is 18.3 Å². The van der Waals surface area contributed by atoms with Crippen molar-refractivity contribution in [3.8, 4) is 0 Å². The van der Waals surface area contributed by atoms with Crippen molar-refractivity contribution in [1.82, 2.24) is 5.32 Å². The summed E-state index contributed by atoms with van der Waals surface area (Å²) in [7, 11) is -0.379. The second-order valence-electron chi connectivity index (χ2n) is 5.68. The molecule has 0 aromatic heterocycles. The Balaban J connectivity index is 1.97. The smallest absolute Gasteiger partial charge is 0.399 e. The molecule has 0 N–H and O–H groups in total. The third kappa shape index (κ3) is 1.58. The Morgan fingerprint density at radius 1 is 1.06 bits per heavy atom. The average Bonchev–Trinajstić information content (AvgIpc) is 2.81. The van der Waals surface area contributed by atoms with Gasteiger partial charge in [-0.3, -0.25) is 0 Å². The third-order valence-electron chi connectivity index (χ3n) is 3.94. The first-order valence-electron chi connectivity index (χ1n) is 6.13. The minimum Gasteiger partial charge on any atom is -0.399 e. The fourth-order valence-corrected chi connectivity index (χ4v) is 2.10. The van der Waals surface area contributed by atoms with Gasteiger partial charge in [0.2, 0.25) is 0 Å². The maximum atomic E-state index is 6.04. The molecular weight excluding hydrogens is 227 g/mol. The maximum Gasteiger partial charge on any atom is 0.497 e. The Bertz CT molecular complexity index is 510. The molecule has 2 aliphatic heterocycles. The van der Waals surface area contributed by atoms with Crippen LogP contribution in [-0.2, 0) is 9.31 Å². The van der Waals surface area contributed by atoms with Gasteiger partial charge >= 0.3 is 7.12 Å². The van der Waals surface area contributed by atoms with Crippen molar-refractivity contribution >= 4 is 30.3 Å². The first-order chi connectivity index (χ1) is 8.41. The molecule has 93 valence electrons. The lowest BCUT2D eigenvalue weighted by atomic mass is 9.77. The molecule has 1 fully saturated rings. The summed E-state index contributed by atoms with van der Waals surface area (Å²) in [5, 5.41) is 4.29. The van der Waals surface area contributed by atoms with Crippen LogP contribution in [0.1, 0.15) is 27.7 Å². The highest BCUT2D eigenvalue weighted by Gasteiger charge is 2.52. The van der Waals surface area contributed by atoms with E-state index in [2.05, 4.69) is 10.3 Å². The Labute approximate surface area is 108 Å². The van der Waals surface area contributed by atoms with Crippen LogP contribution in [-0.4, -0.2) is 24.7 Å². The van der Waals surface area contributed by atoms with Crippen LogP contribution in [0, 0.1) is 0 Å². The van der Waals surface area contributed by atoms with Crippen molar-refractivity contribution in [2.24, 2.45) is 4.99 Å². The highest BCUT2D eigenvalue weighted by atomic mass is 16.7. The van der Waals surface area contributed by atoms with E-state index in [0.29, 0.717) is 0 Å². The summed E-state index contributed by atoms with van der Waals surface area (Å²) < 4.78 is 12.1. The maximum absolute atomic E-state index is 6.04. The number of rotatable bonds is 1. The normalized spacial score (nSPS) is 23.0. The van der Waals surface area contributed by atoms with Crippen LogP contribution in [0.3, 0.4) is 0 Å². The lowest BCUT2D eigenvalue weighted by molar-refractivity contribution is 0.00578. The van der Waals surface area contributed by atoms with E-state index in [1.165, 1.54) is 0 Å². The summed E-state index contributed by atoms with van der Waals surface area (Å²) in [6.07, 6.45) is 1.57. The van der Waals surface area contributed by atoms with E-state index >= 15 is 0 Å². The van der Waals surface area contributed by atoms with Gasteiger partial charge in [0.05, 0.1) is 22.6 Å². The largest absolute Gasteiger partial charge is 0.497 e. The van der Waals surface area contributed by atoms with Crippen molar-refractivity contribution in [2.45, 2.75) is 38.9 Å². The van der Waals surface area contributed by atoms with Gasteiger partial charge in [-0.05, 0) is 33.8 Å². The third-order valence-corrected chi connectivity index (χ3v) is 3.94. The molecule has 3 rings (SSSR count). The van der Waals surface area contributed by atoms with Crippen LogP contribution in [0.5, 0.6) is 0 Å². The van der Waals surface area contributed by atoms with Gasteiger partial charge in [0.1, 0.15) is 6.34 Å². The molecule has 1 aromatic carbocycles. The lowest BCUT2D eigenvalue weighted by Gasteiger charge is -2.32. The number of benzene rings is 1. The van der Waals surface area contributed by atoms with Crippen molar-refractivity contribution in [3.05, 3.63) is 18.2 Å². The molecule has 18 heavy (non-hydrogen) atoms. The Hall–Kier alpha value is -1.33. The summed E-state index contributed by atoms with van der Waals surface area (Å²) in [6, 6.07) is 5.88. The molecular formula is C13H16BN2O2. The van der Waals surface area contributed by atoms with E-state index in [4.69, 9.17) is 9.31 Å². The molecule has 0 unspecified atom stereocenters. The highest BCUT2D eigenvalue weighted by Crippen LogP contribution is 2.38. The molecule has 0 saturated carbocycles. The predicted octanol–water partition coefficient (Wildman–Crippen LogP) is 1.90. The zero-order chi connectivity index (χ0) is 13.0. The van der Waals surface area contributed by atoms with Gasteiger partial charge in [-0.15, -0.1) is 0 Å². The van der Waals surface area contributed by atoms with E-state index in [1.807, 2.05) is 45.9 Å². The molecule has 0 atom stereocenters. The number of hydrogen-bond donors (Lipinski definition) is 0. The first kappa shape index (κ1) is 11.7. The fraction of sp³-hybridized carbons (Fsp3) is 0.462. The monoisotopic (exact) mass is 243 g/mol. The minimum absolute atomic E-state index is 0.333. The standard InChI is InChI=1S/C13H16BN2O2/c1-12(2)13(3,4)18-14(17-12)9-6-5-7-10-11(9)16-8-15-10/h5-8H,1-4H3. The van der Waals surface area contributed by atoms with E-state index < -0.39 is 0 Å². The Kier molecular flexibility index (Phi) is 2.34. The second-order valence-corrected chi connectivity index (χ2v) is 5.68. The lowest BCUT2D eigenvalue weighted by Crippen LogP contribution is -2.41. The van der Waals surface area contributed by atoms with Gasteiger partial charge < -0.3 is 9.31 Å². The summed E-state index contributed by atoms with van der Waals surface area (Å²) in [5.41, 5.74) is 2.02. The zero-order valence-electron chi connectivity index (χ0n) is 11.1. The number of hydrogen-bond acceptors (Lipinski definition) is 3. The van der Waals surface area contributed by atoms with Crippen LogP contribution in [0.4, 0.5) is 11.4 Å². The molecule has 0 amide bonds. The van der Waals surface area contributed by atoms with Gasteiger partial charge in [-0.1, -0.05) is 12.1 Å². The molecule has 2 aliphatic rings. The molecule has 1 saturated heterocycles. The van der Waals surface area contributed by atoms with Crippen molar-refractivity contribution in [1.29, 1.82) is 0 Å². The molecule has 0 aliphatic carbocycles. The Morgan fingerprint density at radius 2 is 1.72 bits per heavy atom.